The van der Waals surface area contributed by atoms with Crippen LogP contribution in [0.15, 0.2) is 30.5 Å². The van der Waals surface area contributed by atoms with E-state index in [4.69, 9.17) is 16.3 Å². The monoisotopic (exact) mass is 253 g/mol. The average Bonchev–Trinajstić information content (AvgIpc) is 2.29. The summed E-state index contributed by atoms with van der Waals surface area (Å²) in [5, 5.41) is 9.57. The van der Waals surface area contributed by atoms with Crippen LogP contribution < -0.4 is 4.74 Å². The lowest BCUT2D eigenvalue weighted by atomic mass is 10.2. The van der Waals surface area contributed by atoms with Crippen LogP contribution in [0.4, 0.5) is 4.39 Å². The minimum absolute atomic E-state index is 0.136. The van der Waals surface area contributed by atoms with E-state index in [9.17, 15) is 9.50 Å². The summed E-state index contributed by atoms with van der Waals surface area (Å²) < 4.78 is 18.5. The number of pyridine rings is 1. The summed E-state index contributed by atoms with van der Waals surface area (Å²) in [4.78, 5) is 3.66. The summed E-state index contributed by atoms with van der Waals surface area (Å²) in [6.07, 6.45) is 1.43. The fourth-order valence-electron chi connectivity index (χ4n) is 1.29. The molecule has 0 unspecified atom stereocenters. The van der Waals surface area contributed by atoms with Gasteiger partial charge in [-0.3, -0.25) is 0 Å². The number of ether oxygens (including phenoxy) is 1. The number of aromatic hydroxyl groups is 1. The Kier molecular flexibility index (Phi) is 3.15. The number of benzene rings is 1. The van der Waals surface area contributed by atoms with Gasteiger partial charge in [-0.05, 0) is 36.8 Å². The predicted octanol–water partition coefficient (Wildman–Crippen LogP) is 3.68. The molecule has 5 heteroatoms. The predicted molar refractivity (Wildman–Crippen MR) is 62.1 cm³/mol. The molecule has 0 spiro atoms. The fourth-order valence-corrected chi connectivity index (χ4v) is 1.48. The molecule has 0 atom stereocenters. The standard InChI is InChI=1S/C12H9ClFNO2/c1-7-5-11(8(13)6-9(7)14)17-10-3-2-4-15-12(10)16/h2-6H,1H3,(H,15,16). The Morgan fingerprint density at radius 1 is 1.35 bits per heavy atom. The van der Waals surface area contributed by atoms with Gasteiger partial charge in [-0.1, -0.05) is 11.6 Å². The number of nitrogens with zero attached hydrogens (tertiary/aromatic N) is 1. The van der Waals surface area contributed by atoms with Gasteiger partial charge in [0.25, 0.3) is 5.88 Å². The third kappa shape index (κ3) is 2.47. The minimum atomic E-state index is -0.405. The van der Waals surface area contributed by atoms with Crippen LogP contribution in [0.1, 0.15) is 5.56 Å². The molecule has 3 nitrogen and oxygen atoms in total. The van der Waals surface area contributed by atoms with E-state index >= 15 is 0 Å². The highest BCUT2D eigenvalue weighted by molar-refractivity contribution is 6.32. The van der Waals surface area contributed by atoms with E-state index in [1.54, 1.807) is 13.0 Å². The number of halogens is 2. The number of rotatable bonds is 2. The zero-order valence-electron chi connectivity index (χ0n) is 8.95. The van der Waals surface area contributed by atoms with Crippen molar-refractivity contribution < 1.29 is 14.2 Å². The zero-order chi connectivity index (χ0) is 12.4. The SMILES string of the molecule is Cc1cc(Oc2cccnc2O)c(Cl)cc1F. The summed E-state index contributed by atoms with van der Waals surface area (Å²) in [5.74, 6) is -0.211. The zero-order valence-corrected chi connectivity index (χ0v) is 9.70. The van der Waals surface area contributed by atoms with E-state index in [-0.39, 0.29) is 22.4 Å². The molecular weight excluding hydrogens is 245 g/mol. The highest BCUT2D eigenvalue weighted by Gasteiger charge is 2.10. The number of hydrogen-bond donors (Lipinski definition) is 1. The second-order valence-corrected chi connectivity index (χ2v) is 3.87. The lowest BCUT2D eigenvalue weighted by Crippen LogP contribution is -1.90. The van der Waals surface area contributed by atoms with Crippen LogP contribution >= 0.6 is 11.6 Å². The molecule has 2 aromatic rings. The topological polar surface area (TPSA) is 42.4 Å². The van der Waals surface area contributed by atoms with Crippen molar-refractivity contribution in [3.8, 4) is 17.4 Å². The van der Waals surface area contributed by atoms with Gasteiger partial charge >= 0.3 is 0 Å². The van der Waals surface area contributed by atoms with Gasteiger partial charge in [0.05, 0.1) is 5.02 Å². The number of aromatic nitrogens is 1. The van der Waals surface area contributed by atoms with Gasteiger partial charge in [-0.2, -0.15) is 0 Å². The summed E-state index contributed by atoms with van der Waals surface area (Å²) >= 11 is 5.84. The van der Waals surface area contributed by atoms with Crippen molar-refractivity contribution in [2.45, 2.75) is 6.92 Å². The first-order chi connectivity index (χ1) is 8.08. The molecule has 17 heavy (non-hydrogen) atoms. The second-order valence-electron chi connectivity index (χ2n) is 3.46. The Bertz CT molecular complexity index is 560. The quantitative estimate of drug-likeness (QED) is 0.888. The summed E-state index contributed by atoms with van der Waals surface area (Å²) in [5.41, 5.74) is 0.410. The largest absolute Gasteiger partial charge is 0.491 e. The van der Waals surface area contributed by atoms with Crippen LogP contribution in [-0.4, -0.2) is 10.1 Å². The Hall–Kier alpha value is -1.81. The van der Waals surface area contributed by atoms with Gasteiger partial charge in [0, 0.05) is 6.20 Å². The van der Waals surface area contributed by atoms with Crippen molar-refractivity contribution in [1.29, 1.82) is 0 Å². The van der Waals surface area contributed by atoms with Gasteiger partial charge in [-0.25, -0.2) is 9.37 Å². The van der Waals surface area contributed by atoms with E-state index < -0.39 is 5.82 Å². The van der Waals surface area contributed by atoms with Gasteiger partial charge in [0.1, 0.15) is 11.6 Å². The van der Waals surface area contributed by atoms with Crippen LogP contribution in [0.3, 0.4) is 0 Å². The first kappa shape index (κ1) is 11.7. The second kappa shape index (κ2) is 4.59. The van der Waals surface area contributed by atoms with Crippen LogP contribution in [-0.2, 0) is 0 Å². The van der Waals surface area contributed by atoms with E-state index in [2.05, 4.69) is 4.98 Å². The normalized spacial score (nSPS) is 10.3. The molecule has 88 valence electrons. The summed E-state index contributed by atoms with van der Waals surface area (Å²) in [6, 6.07) is 5.78. The summed E-state index contributed by atoms with van der Waals surface area (Å²) in [6.45, 7) is 1.60. The average molecular weight is 254 g/mol. The molecule has 1 heterocycles. The Morgan fingerprint density at radius 2 is 2.12 bits per heavy atom. The Labute approximate surface area is 102 Å². The number of hydrogen-bond acceptors (Lipinski definition) is 3. The molecule has 0 aliphatic heterocycles. The molecule has 0 bridgehead atoms. The van der Waals surface area contributed by atoms with Crippen molar-refractivity contribution in [3.63, 3.8) is 0 Å². The molecule has 0 fully saturated rings. The van der Waals surface area contributed by atoms with Gasteiger partial charge in [0.15, 0.2) is 5.75 Å². The molecule has 2 rings (SSSR count). The lowest BCUT2D eigenvalue weighted by molar-refractivity contribution is 0.395. The molecule has 1 aromatic carbocycles. The highest BCUT2D eigenvalue weighted by Crippen LogP contribution is 2.34. The first-order valence-electron chi connectivity index (χ1n) is 4.85. The van der Waals surface area contributed by atoms with E-state index in [0.717, 1.165) is 0 Å². The lowest BCUT2D eigenvalue weighted by Gasteiger charge is -2.09. The van der Waals surface area contributed by atoms with E-state index in [0.29, 0.717) is 5.56 Å². The maximum Gasteiger partial charge on any atom is 0.255 e. The molecule has 0 radical (unpaired) electrons. The molecule has 0 aliphatic carbocycles. The van der Waals surface area contributed by atoms with Gasteiger partial charge < -0.3 is 9.84 Å². The molecule has 1 aromatic heterocycles. The highest BCUT2D eigenvalue weighted by atomic mass is 35.5. The van der Waals surface area contributed by atoms with Crippen LogP contribution in [0.25, 0.3) is 0 Å². The first-order valence-corrected chi connectivity index (χ1v) is 5.23. The Morgan fingerprint density at radius 3 is 2.82 bits per heavy atom. The Balaban J connectivity index is 2.37. The number of aryl methyl sites for hydroxylation is 1. The maximum atomic E-state index is 13.2. The van der Waals surface area contributed by atoms with Gasteiger partial charge in [-0.15, -0.1) is 0 Å². The molecule has 0 amide bonds. The molecular formula is C12H9ClFNO2. The smallest absolute Gasteiger partial charge is 0.255 e. The van der Waals surface area contributed by atoms with Crippen LogP contribution in [0, 0.1) is 12.7 Å². The van der Waals surface area contributed by atoms with Crippen LogP contribution in [0.2, 0.25) is 5.02 Å². The fraction of sp³-hybridized carbons (Fsp3) is 0.0833. The van der Waals surface area contributed by atoms with Crippen molar-refractivity contribution in [2.75, 3.05) is 0 Å². The molecule has 0 saturated heterocycles. The van der Waals surface area contributed by atoms with Crippen molar-refractivity contribution in [1.82, 2.24) is 4.98 Å². The molecule has 1 N–H and O–H groups in total. The third-order valence-corrected chi connectivity index (χ3v) is 2.48. The van der Waals surface area contributed by atoms with Crippen LogP contribution in [0.5, 0.6) is 17.4 Å². The van der Waals surface area contributed by atoms with Gasteiger partial charge in [0.2, 0.25) is 0 Å². The van der Waals surface area contributed by atoms with E-state index in [1.807, 2.05) is 0 Å². The van der Waals surface area contributed by atoms with Crippen molar-refractivity contribution in [3.05, 3.63) is 46.9 Å². The minimum Gasteiger partial charge on any atom is -0.491 e. The summed E-state index contributed by atoms with van der Waals surface area (Å²) in [7, 11) is 0. The molecule has 0 saturated carbocycles. The van der Waals surface area contributed by atoms with E-state index in [1.165, 1.54) is 24.4 Å². The molecule has 0 aliphatic rings. The third-order valence-electron chi connectivity index (χ3n) is 2.18. The van der Waals surface area contributed by atoms with Crippen molar-refractivity contribution >= 4 is 11.6 Å². The van der Waals surface area contributed by atoms with Crippen molar-refractivity contribution in [2.24, 2.45) is 0 Å². The maximum absolute atomic E-state index is 13.2.